The van der Waals surface area contributed by atoms with Gasteiger partial charge in [-0.2, -0.15) is 0 Å². The lowest BCUT2D eigenvalue weighted by atomic mass is 10.1. The summed E-state index contributed by atoms with van der Waals surface area (Å²) < 4.78 is 0. The summed E-state index contributed by atoms with van der Waals surface area (Å²) in [5.41, 5.74) is 1.41. The second-order valence-corrected chi connectivity index (χ2v) is 4.94. The molecule has 1 amide bonds. The zero-order valence-corrected chi connectivity index (χ0v) is 10.2. The third kappa shape index (κ3) is 2.85. The summed E-state index contributed by atoms with van der Waals surface area (Å²) in [6.07, 6.45) is 7.89. The van der Waals surface area contributed by atoms with Gasteiger partial charge in [-0.1, -0.05) is 24.5 Å². The minimum Gasteiger partial charge on any atom is -0.337 e. The van der Waals surface area contributed by atoms with Gasteiger partial charge in [-0.05, 0) is 32.7 Å². The smallest absolute Gasteiger partial charge is 0.239 e. The minimum atomic E-state index is 0.0781. The summed E-state index contributed by atoms with van der Waals surface area (Å²) in [6, 6.07) is 0.0781. The maximum atomic E-state index is 12.2. The molecule has 0 spiro atoms. The molecule has 90 valence electrons. The third-order valence-electron chi connectivity index (χ3n) is 3.61. The lowest BCUT2D eigenvalue weighted by molar-refractivity contribution is -0.133. The van der Waals surface area contributed by atoms with E-state index >= 15 is 0 Å². The van der Waals surface area contributed by atoms with Crippen LogP contribution in [0.25, 0.3) is 0 Å². The average Bonchev–Trinajstić information content (AvgIpc) is 2.57. The van der Waals surface area contributed by atoms with E-state index in [1.807, 2.05) is 4.90 Å². The van der Waals surface area contributed by atoms with Crippen molar-refractivity contribution in [3.05, 3.63) is 11.6 Å². The minimum absolute atomic E-state index is 0.0781. The molecule has 2 heterocycles. The molecule has 0 radical (unpaired) electrons. The second-order valence-electron chi connectivity index (χ2n) is 4.94. The summed E-state index contributed by atoms with van der Waals surface area (Å²) in [6.45, 7) is 4.85. The van der Waals surface area contributed by atoms with Crippen LogP contribution >= 0.6 is 0 Å². The molecule has 3 heteroatoms. The number of hydrogen-bond acceptors (Lipinski definition) is 2. The van der Waals surface area contributed by atoms with E-state index in [0.717, 1.165) is 32.5 Å². The van der Waals surface area contributed by atoms with E-state index in [1.54, 1.807) is 0 Å². The van der Waals surface area contributed by atoms with E-state index in [0.29, 0.717) is 5.91 Å². The molecule has 1 atom stereocenters. The molecular weight excluding hydrogens is 200 g/mol. The molecule has 0 saturated carbocycles. The summed E-state index contributed by atoms with van der Waals surface area (Å²) in [4.78, 5) is 14.2. The van der Waals surface area contributed by atoms with Crippen LogP contribution in [0.15, 0.2) is 11.6 Å². The van der Waals surface area contributed by atoms with Crippen molar-refractivity contribution in [2.75, 3.05) is 19.6 Å². The van der Waals surface area contributed by atoms with E-state index in [9.17, 15) is 4.79 Å². The molecule has 16 heavy (non-hydrogen) atoms. The van der Waals surface area contributed by atoms with E-state index in [1.165, 1.54) is 24.8 Å². The highest BCUT2D eigenvalue weighted by Crippen LogP contribution is 2.14. The zero-order chi connectivity index (χ0) is 11.4. The molecule has 0 aromatic heterocycles. The van der Waals surface area contributed by atoms with Crippen molar-refractivity contribution in [1.29, 1.82) is 0 Å². The first-order valence-electron chi connectivity index (χ1n) is 6.45. The highest BCUT2D eigenvalue weighted by atomic mass is 16.2. The molecule has 1 N–H and O–H groups in total. The number of carbonyl (C=O) groups is 1. The van der Waals surface area contributed by atoms with Crippen LogP contribution in [0, 0.1) is 0 Å². The summed E-state index contributed by atoms with van der Waals surface area (Å²) in [5.74, 6) is 0.311. The maximum absolute atomic E-state index is 12.2. The Bertz CT molecular complexity index is 278. The largest absolute Gasteiger partial charge is 0.337 e. The molecule has 3 nitrogen and oxygen atoms in total. The normalized spacial score (nSPS) is 27.2. The molecule has 0 aromatic rings. The Morgan fingerprint density at radius 2 is 2.31 bits per heavy atom. The van der Waals surface area contributed by atoms with Gasteiger partial charge in [-0.15, -0.1) is 0 Å². The van der Waals surface area contributed by atoms with Crippen molar-refractivity contribution in [2.24, 2.45) is 0 Å². The average molecular weight is 222 g/mol. The summed E-state index contributed by atoms with van der Waals surface area (Å²) in [5, 5.41) is 3.38. The van der Waals surface area contributed by atoms with E-state index in [-0.39, 0.29) is 6.04 Å². The third-order valence-corrected chi connectivity index (χ3v) is 3.61. The van der Waals surface area contributed by atoms with Crippen LogP contribution in [0.3, 0.4) is 0 Å². The topological polar surface area (TPSA) is 32.3 Å². The Morgan fingerprint density at radius 1 is 1.44 bits per heavy atom. The predicted molar refractivity (Wildman–Crippen MR) is 65.2 cm³/mol. The molecule has 2 rings (SSSR count). The van der Waals surface area contributed by atoms with Crippen LogP contribution in [0.4, 0.5) is 0 Å². The molecule has 0 aromatic carbocycles. The van der Waals surface area contributed by atoms with Crippen LogP contribution in [-0.2, 0) is 4.79 Å². The number of carbonyl (C=O) groups excluding carboxylic acids is 1. The van der Waals surface area contributed by atoms with E-state index in [2.05, 4.69) is 18.3 Å². The zero-order valence-electron chi connectivity index (χ0n) is 10.2. The molecule has 2 aliphatic rings. The van der Waals surface area contributed by atoms with Gasteiger partial charge in [-0.3, -0.25) is 4.79 Å². The van der Waals surface area contributed by atoms with Gasteiger partial charge < -0.3 is 10.2 Å². The van der Waals surface area contributed by atoms with Gasteiger partial charge in [0, 0.05) is 13.1 Å². The van der Waals surface area contributed by atoms with Crippen molar-refractivity contribution in [3.8, 4) is 0 Å². The fourth-order valence-corrected chi connectivity index (χ4v) is 2.43. The van der Waals surface area contributed by atoms with Crippen molar-refractivity contribution >= 4 is 5.91 Å². The second kappa shape index (κ2) is 5.48. The fourth-order valence-electron chi connectivity index (χ4n) is 2.43. The Hall–Kier alpha value is -0.830. The van der Waals surface area contributed by atoms with Gasteiger partial charge in [0.1, 0.15) is 0 Å². The monoisotopic (exact) mass is 222 g/mol. The van der Waals surface area contributed by atoms with Crippen LogP contribution in [-0.4, -0.2) is 36.5 Å². The van der Waals surface area contributed by atoms with Crippen molar-refractivity contribution in [1.82, 2.24) is 10.2 Å². The maximum Gasteiger partial charge on any atom is 0.239 e. The van der Waals surface area contributed by atoms with Crippen LogP contribution < -0.4 is 5.32 Å². The van der Waals surface area contributed by atoms with Crippen molar-refractivity contribution in [2.45, 2.75) is 45.1 Å². The van der Waals surface area contributed by atoms with Gasteiger partial charge >= 0.3 is 0 Å². The van der Waals surface area contributed by atoms with E-state index < -0.39 is 0 Å². The SMILES string of the molecule is CC1=CCN(C(=O)C2CCCCCN2)CC1. The standard InChI is InChI=1S/C13H22N2O/c1-11-6-9-15(10-7-11)13(16)12-5-3-2-4-8-14-12/h6,12,14H,2-5,7-10H2,1H3. The number of hydrogen-bond donors (Lipinski definition) is 1. The van der Waals surface area contributed by atoms with Gasteiger partial charge in [0.05, 0.1) is 6.04 Å². The quantitative estimate of drug-likeness (QED) is 0.685. The first kappa shape index (κ1) is 11.6. The summed E-state index contributed by atoms with van der Waals surface area (Å²) in [7, 11) is 0. The first-order valence-corrected chi connectivity index (χ1v) is 6.45. The molecule has 2 aliphatic heterocycles. The Kier molecular flexibility index (Phi) is 3.99. The molecule has 1 saturated heterocycles. The molecule has 0 bridgehead atoms. The number of rotatable bonds is 1. The first-order chi connectivity index (χ1) is 7.77. The highest BCUT2D eigenvalue weighted by molar-refractivity contribution is 5.82. The number of nitrogens with one attached hydrogen (secondary N) is 1. The van der Waals surface area contributed by atoms with Crippen LogP contribution in [0.2, 0.25) is 0 Å². The van der Waals surface area contributed by atoms with Gasteiger partial charge in [0.25, 0.3) is 0 Å². The molecule has 1 fully saturated rings. The molecular formula is C13H22N2O. The Morgan fingerprint density at radius 3 is 3.06 bits per heavy atom. The van der Waals surface area contributed by atoms with Gasteiger partial charge in [0.2, 0.25) is 5.91 Å². The predicted octanol–water partition coefficient (Wildman–Crippen LogP) is 1.70. The van der Waals surface area contributed by atoms with Crippen molar-refractivity contribution in [3.63, 3.8) is 0 Å². The van der Waals surface area contributed by atoms with Crippen LogP contribution in [0.1, 0.15) is 39.0 Å². The van der Waals surface area contributed by atoms with E-state index in [4.69, 9.17) is 0 Å². The Balaban J connectivity index is 1.91. The number of nitrogens with zero attached hydrogens (tertiary/aromatic N) is 1. The highest BCUT2D eigenvalue weighted by Gasteiger charge is 2.25. The van der Waals surface area contributed by atoms with Crippen LogP contribution in [0.5, 0.6) is 0 Å². The van der Waals surface area contributed by atoms with Crippen molar-refractivity contribution < 1.29 is 4.79 Å². The molecule has 1 unspecified atom stereocenters. The van der Waals surface area contributed by atoms with Gasteiger partial charge in [-0.25, -0.2) is 0 Å². The molecule has 0 aliphatic carbocycles. The summed E-state index contributed by atoms with van der Waals surface area (Å²) >= 11 is 0. The van der Waals surface area contributed by atoms with Gasteiger partial charge in [0.15, 0.2) is 0 Å². The Labute approximate surface area is 97.9 Å². The number of amides is 1. The lowest BCUT2D eigenvalue weighted by Crippen LogP contribution is -2.47. The fraction of sp³-hybridized carbons (Fsp3) is 0.769. The lowest BCUT2D eigenvalue weighted by Gasteiger charge is -2.29.